The first kappa shape index (κ1) is 15.7. The van der Waals surface area contributed by atoms with Crippen LogP contribution in [0.15, 0.2) is 0 Å². The molecule has 7 heteroatoms. The third kappa shape index (κ3) is 2.98. The second-order valence-electron chi connectivity index (χ2n) is 5.69. The Bertz CT molecular complexity index is 477. The van der Waals surface area contributed by atoms with Crippen LogP contribution in [0.3, 0.4) is 0 Å². The van der Waals surface area contributed by atoms with Crippen LogP contribution in [0.4, 0.5) is 4.39 Å². The van der Waals surface area contributed by atoms with Crippen molar-refractivity contribution in [2.24, 2.45) is 5.92 Å². The molecule has 1 N–H and O–H groups in total. The molecule has 0 aromatic carbocycles. The molecule has 2 aliphatic carbocycles. The van der Waals surface area contributed by atoms with E-state index in [1.54, 1.807) is 13.8 Å². The van der Waals surface area contributed by atoms with Crippen molar-refractivity contribution < 1.29 is 22.3 Å². The van der Waals surface area contributed by atoms with Gasteiger partial charge in [-0.25, -0.2) is 22.3 Å². The van der Waals surface area contributed by atoms with Gasteiger partial charge >= 0.3 is 5.97 Å². The van der Waals surface area contributed by atoms with E-state index in [0.29, 0.717) is 25.7 Å². The fourth-order valence-corrected chi connectivity index (χ4v) is 4.52. The number of nitrogens with one attached hydrogen (secondary N) is 1. The predicted octanol–water partition coefficient (Wildman–Crippen LogP) is 1.53. The summed E-state index contributed by atoms with van der Waals surface area (Å²) < 4.78 is 46.1. The second-order valence-corrected chi connectivity index (χ2v) is 7.68. The van der Waals surface area contributed by atoms with Crippen molar-refractivity contribution in [2.75, 3.05) is 6.61 Å². The normalized spacial score (nSPS) is 34.1. The molecule has 0 radical (unpaired) electrons. The highest BCUT2D eigenvalue weighted by atomic mass is 32.2. The maximum Gasteiger partial charge on any atom is 0.344 e. The summed E-state index contributed by atoms with van der Waals surface area (Å²) >= 11 is 0. The fraction of sp³-hybridized carbons (Fsp3) is 0.923. The minimum absolute atomic E-state index is 0.124. The lowest BCUT2D eigenvalue weighted by molar-refractivity contribution is -0.160. The summed E-state index contributed by atoms with van der Waals surface area (Å²) in [5, 5.41) is -0.334. The van der Waals surface area contributed by atoms with E-state index in [-0.39, 0.29) is 18.3 Å². The van der Waals surface area contributed by atoms with Gasteiger partial charge in [0.05, 0.1) is 11.9 Å². The molecule has 2 aliphatic rings. The van der Waals surface area contributed by atoms with Gasteiger partial charge in [0.2, 0.25) is 15.7 Å². The lowest BCUT2D eigenvalue weighted by Crippen LogP contribution is -2.41. The molecule has 116 valence electrons. The maximum absolute atomic E-state index is 14.9. The molecule has 0 spiro atoms. The Labute approximate surface area is 119 Å². The van der Waals surface area contributed by atoms with Crippen LogP contribution in [-0.4, -0.2) is 38.0 Å². The molecule has 2 rings (SSSR count). The predicted molar refractivity (Wildman–Crippen MR) is 72.4 cm³/mol. The zero-order valence-corrected chi connectivity index (χ0v) is 12.7. The van der Waals surface area contributed by atoms with Crippen molar-refractivity contribution in [1.82, 2.24) is 4.72 Å². The van der Waals surface area contributed by atoms with Crippen LogP contribution < -0.4 is 4.72 Å². The number of hydrogen-bond acceptors (Lipinski definition) is 4. The van der Waals surface area contributed by atoms with Gasteiger partial charge in [0.25, 0.3) is 0 Å². The quantitative estimate of drug-likeness (QED) is 0.755. The first-order chi connectivity index (χ1) is 9.33. The van der Waals surface area contributed by atoms with Crippen LogP contribution in [0.2, 0.25) is 0 Å². The summed E-state index contributed by atoms with van der Waals surface area (Å²) in [6.07, 6.45) is 2.03. The summed E-state index contributed by atoms with van der Waals surface area (Å²) in [6, 6.07) is -0.514. The zero-order valence-electron chi connectivity index (χ0n) is 11.9. The lowest BCUT2D eigenvalue weighted by atomic mass is 9.90. The molecular formula is C13H22FNO4S. The number of carbonyl (C=O) groups excluding carboxylic acids is 1. The standard InChI is InChI=1S/C13H22FNO4S/c1-3-9-7-10(15-20(17,18)11-5-6-11)8-13(9,14)12(16)19-4-2/h9-11,15H,3-8H2,1-2H3. The third-order valence-electron chi connectivity index (χ3n) is 4.16. The third-order valence-corrected chi connectivity index (χ3v) is 6.17. The van der Waals surface area contributed by atoms with Gasteiger partial charge in [0, 0.05) is 18.4 Å². The van der Waals surface area contributed by atoms with Crippen LogP contribution in [0.1, 0.15) is 46.0 Å². The van der Waals surface area contributed by atoms with Crippen molar-refractivity contribution in [1.29, 1.82) is 0 Å². The maximum atomic E-state index is 14.9. The van der Waals surface area contributed by atoms with Gasteiger partial charge < -0.3 is 4.74 Å². The Hall–Kier alpha value is -0.690. The summed E-state index contributed by atoms with van der Waals surface area (Å²) in [5.41, 5.74) is -2.07. The number of rotatable bonds is 6. The topological polar surface area (TPSA) is 72.5 Å². The van der Waals surface area contributed by atoms with E-state index in [2.05, 4.69) is 4.72 Å². The Morgan fingerprint density at radius 1 is 1.40 bits per heavy atom. The molecule has 20 heavy (non-hydrogen) atoms. The highest BCUT2D eigenvalue weighted by Gasteiger charge is 2.55. The molecule has 3 atom stereocenters. The second kappa shape index (κ2) is 5.60. The minimum atomic E-state index is -3.36. The van der Waals surface area contributed by atoms with Crippen LogP contribution in [-0.2, 0) is 19.6 Å². The Morgan fingerprint density at radius 3 is 2.55 bits per heavy atom. The summed E-state index contributed by atoms with van der Waals surface area (Å²) in [6.45, 7) is 3.56. The highest BCUT2D eigenvalue weighted by molar-refractivity contribution is 7.90. The monoisotopic (exact) mass is 307 g/mol. The summed E-state index contributed by atoms with van der Waals surface area (Å²) in [5.74, 6) is -1.35. The average molecular weight is 307 g/mol. The van der Waals surface area contributed by atoms with Crippen molar-refractivity contribution in [3.05, 3.63) is 0 Å². The van der Waals surface area contributed by atoms with E-state index in [4.69, 9.17) is 4.74 Å². The molecule has 0 bridgehead atoms. The molecule has 2 fully saturated rings. The fourth-order valence-electron chi connectivity index (χ4n) is 2.93. The minimum Gasteiger partial charge on any atom is -0.464 e. The van der Waals surface area contributed by atoms with Gasteiger partial charge in [-0.3, -0.25) is 0 Å². The Morgan fingerprint density at radius 2 is 2.05 bits per heavy atom. The number of carbonyl (C=O) groups is 1. The molecule has 2 saturated carbocycles. The van der Waals surface area contributed by atoms with Crippen LogP contribution in [0.5, 0.6) is 0 Å². The van der Waals surface area contributed by atoms with Gasteiger partial charge in [-0.15, -0.1) is 0 Å². The van der Waals surface area contributed by atoms with Gasteiger partial charge in [-0.2, -0.15) is 0 Å². The molecule has 0 aromatic heterocycles. The summed E-state index contributed by atoms with van der Waals surface area (Å²) in [7, 11) is -3.36. The number of ether oxygens (including phenoxy) is 1. The first-order valence-corrected chi connectivity index (χ1v) is 8.75. The molecule has 0 amide bonds. The van der Waals surface area contributed by atoms with E-state index < -0.39 is 33.6 Å². The van der Waals surface area contributed by atoms with Crippen LogP contribution >= 0.6 is 0 Å². The first-order valence-electron chi connectivity index (χ1n) is 7.20. The Balaban J connectivity index is 2.07. The molecule has 3 unspecified atom stereocenters. The number of sulfonamides is 1. The van der Waals surface area contributed by atoms with Crippen molar-refractivity contribution in [2.45, 2.75) is 62.9 Å². The highest BCUT2D eigenvalue weighted by Crippen LogP contribution is 2.43. The van der Waals surface area contributed by atoms with Gasteiger partial charge in [0.1, 0.15) is 0 Å². The number of halogens is 1. The molecule has 0 aliphatic heterocycles. The smallest absolute Gasteiger partial charge is 0.344 e. The lowest BCUT2D eigenvalue weighted by Gasteiger charge is -2.23. The average Bonchev–Trinajstić information content (AvgIpc) is 3.16. The summed E-state index contributed by atoms with van der Waals surface area (Å²) in [4.78, 5) is 11.8. The molecule has 0 aromatic rings. The molecule has 5 nitrogen and oxygen atoms in total. The van der Waals surface area contributed by atoms with Crippen molar-refractivity contribution in [3.63, 3.8) is 0 Å². The zero-order chi connectivity index (χ0) is 15.0. The molecule has 0 heterocycles. The van der Waals surface area contributed by atoms with E-state index in [1.807, 2.05) is 0 Å². The van der Waals surface area contributed by atoms with E-state index in [1.165, 1.54) is 0 Å². The van der Waals surface area contributed by atoms with Crippen LogP contribution in [0.25, 0.3) is 0 Å². The van der Waals surface area contributed by atoms with E-state index in [0.717, 1.165) is 0 Å². The number of esters is 1. The number of alkyl halides is 1. The van der Waals surface area contributed by atoms with Crippen molar-refractivity contribution in [3.8, 4) is 0 Å². The molecule has 0 saturated heterocycles. The largest absolute Gasteiger partial charge is 0.464 e. The van der Waals surface area contributed by atoms with Gasteiger partial charge in [-0.05, 0) is 32.6 Å². The van der Waals surface area contributed by atoms with Gasteiger partial charge in [0.15, 0.2) is 0 Å². The van der Waals surface area contributed by atoms with Crippen molar-refractivity contribution >= 4 is 16.0 Å². The van der Waals surface area contributed by atoms with E-state index >= 15 is 0 Å². The SMILES string of the molecule is CCOC(=O)C1(F)CC(NS(=O)(=O)C2CC2)CC1CC. The van der Waals surface area contributed by atoms with Crippen LogP contribution in [0, 0.1) is 5.92 Å². The number of hydrogen-bond donors (Lipinski definition) is 1. The van der Waals surface area contributed by atoms with E-state index in [9.17, 15) is 17.6 Å². The molecular weight excluding hydrogens is 285 g/mol. The Kier molecular flexibility index (Phi) is 4.39. The van der Waals surface area contributed by atoms with Gasteiger partial charge in [-0.1, -0.05) is 6.92 Å².